The Hall–Kier alpha value is -1.63. The highest BCUT2D eigenvalue weighted by Gasteiger charge is 2.48. The molecule has 2 heterocycles. The monoisotopic (exact) mass is 308 g/mol. The molecule has 0 radical (unpaired) electrons. The van der Waals surface area contributed by atoms with Gasteiger partial charge in [0, 0.05) is 19.0 Å². The quantitative estimate of drug-likeness (QED) is 0.615. The summed E-state index contributed by atoms with van der Waals surface area (Å²) < 4.78 is 0. The van der Waals surface area contributed by atoms with Crippen molar-refractivity contribution in [3.8, 4) is 0 Å². The van der Waals surface area contributed by atoms with Gasteiger partial charge in [0.25, 0.3) is 5.91 Å². The molecule has 122 valence electrons. The zero-order valence-electron chi connectivity index (χ0n) is 13.0. The average Bonchev–Trinajstić information content (AvgIpc) is 3.25. The van der Waals surface area contributed by atoms with E-state index >= 15 is 0 Å². The van der Waals surface area contributed by atoms with Crippen LogP contribution in [0.5, 0.6) is 0 Å². The number of urea groups is 1. The summed E-state index contributed by atoms with van der Waals surface area (Å²) in [5.41, 5.74) is -0.861. The van der Waals surface area contributed by atoms with Gasteiger partial charge in [-0.15, -0.1) is 0 Å². The number of hydrogen-bond donors (Lipinski definition) is 3. The SMILES string of the molecule is CC1(C2CCCN(CC(=O)NCC3CC3)C2)NC(=O)NC1=O. The second kappa shape index (κ2) is 5.87. The van der Waals surface area contributed by atoms with Crippen molar-refractivity contribution >= 4 is 17.8 Å². The summed E-state index contributed by atoms with van der Waals surface area (Å²) in [5, 5.41) is 8.03. The lowest BCUT2D eigenvalue weighted by Gasteiger charge is -2.39. The molecule has 2 atom stereocenters. The van der Waals surface area contributed by atoms with Crippen LogP contribution in [0.2, 0.25) is 0 Å². The maximum atomic E-state index is 12.0. The van der Waals surface area contributed by atoms with E-state index in [4.69, 9.17) is 0 Å². The van der Waals surface area contributed by atoms with E-state index in [1.165, 1.54) is 12.8 Å². The van der Waals surface area contributed by atoms with Crippen LogP contribution in [-0.4, -0.2) is 54.5 Å². The third-order valence-electron chi connectivity index (χ3n) is 5.05. The van der Waals surface area contributed by atoms with Crippen molar-refractivity contribution in [2.45, 2.75) is 38.1 Å². The molecule has 4 amide bonds. The van der Waals surface area contributed by atoms with Crippen LogP contribution in [0.1, 0.15) is 32.6 Å². The highest BCUT2D eigenvalue weighted by molar-refractivity contribution is 6.07. The Labute approximate surface area is 130 Å². The van der Waals surface area contributed by atoms with Gasteiger partial charge in [-0.2, -0.15) is 0 Å². The van der Waals surface area contributed by atoms with Crippen molar-refractivity contribution in [3.05, 3.63) is 0 Å². The lowest BCUT2D eigenvalue weighted by atomic mass is 9.80. The number of nitrogens with one attached hydrogen (secondary N) is 3. The van der Waals surface area contributed by atoms with Crippen molar-refractivity contribution < 1.29 is 14.4 Å². The van der Waals surface area contributed by atoms with Crippen LogP contribution in [0.15, 0.2) is 0 Å². The Morgan fingerprint density at radius 2 is 2.14 bits per heavy atom. The number of carbonyl (C=O) groups excluding carboxylic acids is 3. The molecule has 7 nitrogen and oxygen atoms in total. The summed E-state index contributed by atoms with van der Waals surface area (Å²) in [6, 6.07) is -0.424. The molecule has 7 heteroatoms. The summed E-state index contributed by atoms with van der Waals surface area (Å²) in [5.74, 6) is 0.499. The lowest BCUT2D eigenvalue weighted by molar-refractivity contribution is -0.126. The van der Waals surface area contributed by atoms with Gasteiger partial charge in [-0.25, -0.2) is 4.79 Å². The van der Waals surface area contributed by atoms with E-state index in [0.29, 0.717) is 19.0 Å². The van der Waals surface area contributed by atoms with E-state index in [2.05, 4.69) is 20.9 Å². The Bertz CT molecular complexity index is 491. The predicted octanol–water partition coefficient (Wildman–Crippen LogP) is -0.177. The minimum Gasteiger partial charge on any atom is -0.355 e. The van der Waals surface area contributed by atoms with Crippen molar-refractivity contribution in [1.29, 1.82) is 0 Å². The molecule has 2 unspecified atom stereocenters. The fraction of sp³-hybridized carbons (Fsp3) is 0.800. The van der Waals surface area contributed by atoms with Crippen molar-refractivity contribution in [2.24, 2.45) is 11.8 Å². The van der Waals surface area contributed by atoms with Crippen LogP contribution in [0.3, 0.4) is 0 Å². The molecular formula is C15H24N4O3. The highest BCUT2D eigenvalue weighted by atomic mass is 16.2. The van der Waals surface area contributed by atoms with Gasteiger partial charge < -0.3 is 10.6 Å². The van der Waals surface area contributed by atoms with Crippen LogP contribution >= 0.6 is 0 Å². The molecule has 3 fully saturated rings. The fourth-order valence-electron chi connectivity index (χ4n) is 3.35. The molecule has 2 saturated heterocycles. The molecule has 1 saturated carbocycles. The van der Waals surface area contributed by atoms with Crippen LogP contribution in [0, 0.1) is 11.8 Å². The number of imide groups is 1. The normalized spacial score (nSPS) is 32.5. The Morgan fingerprint density at radius 1 is 1.36 bits per heavy atom. The molecule has 0 aromatic rings. The molecule has 1 aliphatic carbocycles. The van der Waals surface area contributed by atoms with E-state index < -0.39 is 11.6 Å². The lowest BCUT2D eigenvalue weighted by Crippen LogP contribution is -2.56. The number of amides is 4. The van der Waals surface area contributed by atoms with E-state index in [9.17, 15) is 14.4 Å². The third-order valence-corrected chi connectivity index (χ3v) is 5.05. The standard InChI is InChI=1S/C15H24N4O3/c1-15(13(21)17-14(22)18-15)11-3-2-6-19(8-11)9-12(20)16-7-10-4-5-10/h10-11H,2-9H2,1H3,(H,16,20)(H2,17,18,21,22). The average molecular weight is 308 g/mol. The topological polar surface area (TPSA) is 90.5 Å². The summed E-state index contributed by atoms with van der Waals surface area (Å²) >= 11 is 0. The number of nitrogens with zero attached hydrogens (tertiary/aromatic N) is 1. The molecule has 22 heavy (non-hydrogen) atoms. The van der Waals surface area contributed by atoms with Gasteiger partial charge in [0.15, 0.2) is 0 Å². The molecule has 3 rings (SSSR count). The zero-order chi connectivity index (χ0) is 15.7. The first-order chi connectivity index (χ1) is 10.5. The summed E-state index contributed by atoms with van der Waals surface area (Å²) in [4.78, 5) is 37.5. The maximum absolute atomic E-state index is 12.0. The molecule has 0 spiro atoms. The Morgan fingerprint density at radius 3 is 2.77 bits per heavy atom. The van der Waals surface area contributed by atoms with Crippen molar-refractivity contribution in [1.82, 2.24) is 20.9 Å². The minimum absolute atomic E-state index is 0.0314. The van der Waals surface area contributed by atoms with Crippen LogP contribution in [-0.2, 0) is 9.59 Å². The second-order valence-electron chi connectivity index (χ2n) is 6.93. The first-order valence-corrected chi connectivity index (χ1v) is 8.10. The van der Waals surface area contributed by atoms with Crippen molar-refractivity contribution in [3.63, 3.8) is 0 Å². The van der Waals surface area contributed by atoms with Gasteiger partial charge in [-0.3, -0.25) is 19.8 Å². The van der Waals surface area contributed by atoms with Crippen LogP contribution in [0.25, 0.3) is 0 Å². The van der Waals surface area contributed by atoms with Crippen LogP contribution < -0.4 is 16.0 Å². The zero-order valence-corrected chi connectivity index (χ0v) is 13.0. The van der Waals surface area contributed by atoms with Gasteiger partial charge in [0.05, 0.1) is 6.54 Å². The molecule has 2 aliphatic heterocycles. The smallest absolute Gasteiger partial charge is 0.322 e. The first kappa shape index (κ1) is 15.3. The van der Waals surface area contributed by atoms with Gasteiger partial charge in [-0.05, 0) is 45.1 Å². The van der Waals surface area contributed by atoms with Crippen LogP contribution in [0.4, 0.5) is 4.79 Å². The van der Waals surface area contributed by atoms with Gasteiger partial charge in [0.2, 0.25) is 5.91 Å². The van der Waals surface area contributed by atoms with Gasteiger partial charge in [0.1, 0.15) is 5.54 Å². The molecule has 0 aromatic heterocycles. The summed E-state index contributed by atoms with van der Waals surface area (Å²) in [7, 11) is 0. The van der Waals surface area contributed by atoms with Gasteiger partial charge in [-0.1, -0.05) is 0 Å². The van der Waals surface area contributed by atoms with E-state index in [-0.39, 0.29) is 17.7 Å². The molecule has 0 aromatic carbocycles. The molecule has 3 N–H and O–H groups in total. The second-order valence-corrected chi connectivity index (χ2v) is 6.93. The van der Waals surface area contributed by atoms with Crippen molar-refractivity contribution in [2.75, 3.05) is 26.2 Å². The van der Waals surface area contributed by atoms with Gasteiger partial charge >= 0.3 is 6.03 Å². The number of piperidine rings is 1. The number of carbonyl (C=O) groups is 3. The largest absolute Gasteiger partial charge is 0.355 e. The Kier molecular flexibility index (Phi) is 4.08. The third kappa shape index (κ3) is 3.24. The molecule has 0 bridgehead atoms. The Balaban J connectivity index is 1.53. The van der Waals surface area contributed by atoms with E-state index in [1.54, 1.807) is 6.92 Å². The number of hydrogen-bond acceptors (Lipinski definition) is 4. The minimum atomic E-state index is -0.861. The first-order valence-electron chi connectivity index (χ1n) is 8.10. The summed E-state index contributed by atoms with van der Waals surface area (Å²) in [6.07, 6.45) is 4.25. The van der Waals surface area contributed by atoms with E-state index in [0.717, 1.165) is 25.9 Å². The fourth-order valence-corrected chi connectivity index (χ4v) is 3.35. The van der Waals surface area contributed by atoms with E-state index in [1.807, 2.05) is 0 Å². The summed E-state index contributed by atoms with van der Waals surface area (Å²) in [6.45, 7) is 4.44. The number of rotatable bonds is 5. The number of likely N-dealkylation sites (tertiary alicyclic amines) is 1. The maximum Gasteiger partial charge on any atom is 0.322 e. The molecule has 3 aliphatic rings. The predicted molar refractivity (Wildman–Crippen MR) is 80.0 cm³/mol. The molecular weight excluding hydrogens is 284 g/mol. The highest BCUT2D eigenvalue weighted by Crippen LogP contribution is 2.30.